The van der Waals surface area contributed by atoms with Gasteiger partial charge in [0.2, 0.25) is 10.0 Å². The first-order valence-electron chi connectivity index (χ1n) is 9.23. The second-order valence-electron chi connectivity index (χ2n) is 6.79. The van der Waals surface area contributed by atoms with E-state index in [0.717, 1.165) is 5.56 Å². The standard InChI is InChI=1S/C20H20N2O6S/c23-19(18-13-14-3-1-2-4-17(14)20(24)28-18)21-15-5-7-16(8-6-15)29(25,26)22-9-11-27-12-10-22/h1-8,18H,9-13H2,(H,21,23)/t18-/m0/s1. The van der Waals surface area contributed by atoms with Crippen molar-refractivity contribution in [1.29, 1.82) is 0 Å². The molecule has 0 radical (unpaired) electrons. The number of carbonyl (C=O) groups excluding carboxylic acids is 2. The minimum Gasteiger partial charge on any atom is -0.448 e. The quantitative estimate of drug-likeness (QED) is 0.757. The smallest absolute Gasteiger partial charge is 0.339 e. The normalized spacial score (nSPS) is 19.9. The Kier molecular flexibility index (Phi) is 5.35. The fourth-order valence-electron chi connectivity index (χ4n) is 3.35. The van der Waals surface area contributed by atoms with Crippen LogP contribution in [0.2, 0.25) is 0 Å². The lowest BCUT2D eigenvalue weighted by Gasteiger charge is -2.26. The van der Waals surface area contributed by atoms with E-state index in [2.05, 4.69) is 5.32 Å². The Morgan fingerprint density at radius 3 is 2.45 bits per heavy atom. The van der Waals surface area contributed by atoms with E-state index >= 15 is 0 Å². The van der Waals surface area contributed by atoms with E-state index in [9.17, 15) is 18.0 Å². The highest BCUT2D eigenvalue weighted by Crippen LogP contribution is 2.23. The molecule has 0 unspecified atom stereocenters. The molecule has 152 valence electrons. The molecule has 0 saturated carbocycles. The number of anilines is 1. The maximum absolute atomic E-state index is 12.6. The summed E-state index contributed by atoms with van der Waals surface area (Å²) >= 11 is 0. The summed E-state index contributed by atoms with van der Waals surface area (Å²) in [6, 6.07) is 12.9. The molecule has 1 fully saturated rings. The molecule has 9 heteroatoms. The Bertz CT molecular complexity index is 1030. The number of carbonyl (C=O) groups is 2. The fourth-order valence-corrected chi connectivity index (χ4v) is 4.75. The summed E-state index contributed by atoms with van der Waals surface area (Å²) in [6.07, 6.45) is -0.647. The summed E-state index contributed by atoms with van der Waals surface area (Å²) in [5, 5.41) is 2.68. The number of benzene rings is 2. The zero-order valence-corrected chi connectivity index (χ0v) is 16.4. The van der Waals surface area contributed by atoms with Crippen LogP contribution in [0.5, 0.6) is 0 Å². The van der Waals surface area contributed by atoms with Crippen molar-refractivity contribution in [3.63, 3.8) is 0 Å². The molecular formula is C20H20N2O6S. The Hall–Kier alpha value is -2.75. The third-order valence-electron chi connectivity index (χ3n) is 4.91. The first-order chi connectivity index (χ1) is 13.9. The zero-order valence-electron chi connectivity index (χ0n) is 15.5. The van der Waals surface area contributed by atoms with Crippen LogP contribution in [-0.4, -0.2) is 57.0 Å². The van der Waals surface area contributed by atoms with Crippen LogP contribution in [-0.2, 0) is 30.7 Å². The molecule has 1 amide bonds. The van der Waals surface area contributed by atoms with Crippen LogP contribution in [0, 0.1) is 0 Å². The summed E-state index contributed by atoms with van der Waals surface area (Å²) in [4.78, 5) is 24.7. The number of hydrogen-bond acceptors (Lipinski definition) is 6. The van der Waals surface area contributed by atoms with Crippen molar-refractivity contribution >= 4 is 27.6 Å². The number of cyclic esters (lactones) is 1. The highest BCUT2D eigenvalue weighted by Gasteiger charge is 2.31. The van der Waals surface area contributed by atoms with E-state index in [1.165, 1.54) is 28.6 Å². The minimum atomic E-state index is -3.60. The van der Waals surface area contributed by atoms with Gasteiger partial charge in [0.05, 0.1) is 23.7 Å². The van der Waals surface area contributed by atoms with Gasteiger partial charge in [-0.1, -0.05) is 18.2 Å². The Morgan fingerprint density at radius 2 is 1.72 bits per heavy atom. The first kappa shape index (κ1) is 19.6. The van der Waals surface area contributed by atoms with E-state index in [1.54, 1.807) is 24.3 Å². The Morgan fingerprint density at radius 1 is 1.03 bits per heavy atom. The van der Waals surface area contributed by atoms with Crippen LogP contribution in [0.4, 0.5) is 5.69 Å². The van der Waals surface area contributed by atoms with Crippen LogP contribution < -0.4 is 5.32 Å². The van der Waals surface area contributed by atoms with E-state index in [0.29, 0.717) is 37.6 Å². The molecular weight excluding hydrogens is 396 g/mol. The van der Waals surface area contributed by atoms with Crippen molar-refractivity contribution in [3.8, 4) is 0 Å². The van der Waals surface area contributed by atoms with Crippen molar-refractivity contribution in [1.82, 2.24) is 4.31 Å². The van der Waals surface area contributed by atoms with E-state index < -0.39 is 28.0 Å². The van der Waals surface area contributed by atoms with E-state index in [-0.39, 0.29) is 11.3 Å². The van der Waals surface area contributed by atoms with Crippen LogP contribution in [0.25, 0.3) is 0 Å². The summed E-state index contributed by atoms with van der Waals surface area (Å²) in [6.45, 7) is 1.37. The third-order valence-corrected chi connectivity index (χ3v) is 6.83. The van der Waals surface area contributed by atoms with Gasteiger partial charge in [-0.2, -0.15) is 4.31 Å². The molecule has 2 heterocycles. The lowest BCUT2D eigenvalue weighted by atomic mass is 9.98. The SMILES string of the molecule is O=C1O[C@H](C(=O)Nc2ccc(S(=O)(=O)N3CCOCC3)cc2)Cc2ccccc21. The topological polar surface area (TPSA) is 102 Å². The largest absolute Gasteiger partial charge is 0.448 e. The molecule has 1 N–H and O–H groups in total. The molecule has 1 saturated heterocycles. The number of rotatable bonds is 4. The van der Waals surface area contributed by atoms with E-state index in [1.807, 2.05) is 0 Å². The number of ether oxygens (including phenoxy) is 2. The highest BCUT2D eigenvalue weighted by atomic mass is 32.2. The van der Waals surface area contributed by atoms with Crippen molar-refractivity contribution in [3.05, 3.63) is 59.7 Å². The summed E-state index contributed by atoms with van der Waals surface area (Å²) in [5.74, 6) is -0.990. The average molecular weight is 416 g/mol. The molecule has 4 rings (SSSR count). The van der Waals surface area contributed by atoms with Crippen molar-refractivity contribution in [2.75, 3.05) is 31.6 Å². The van der Waals surface area contributed by atoms with Gasteiger partial charge in [-0.05, 0) is 35.9 Å². The maximum Gasteiger partial charge on any atom is 0.339 e. The maximum atomic E-state index is 12.6. The molecule has 1 atom stereocenters. The minimum absolute atomic E-state index is 0.149. The molecule has 0 spiro atoms. The van der Waals surface area contributed by atoms with Crippen molar-refractivity contribution in [2.45, 2.75) is 17.4 Å². The van der Waals surface area contributed by atoms with Crippen molar-refractivity contribution < 1.29 is 27.5 Å². The van der Waals surface area contributed by atoms with E-state index in [4.69, 9.17) is 9.47 Å². The number of sulfonamides is 1. The molecule has 29 heavy (non-hydrogen) atoms. The number of nitrogens with one attached hydrogen (secondary N) is 1. The lowest BCUT2D eigenvalue weighted by Crippen LogP contribution is -2.40. The third kappa shape index (κ3) is 4.02. The molecule has 2 aliphatic rings. The number of morpholine rings is 1. The number of esters is 1. The number of nitrogens with zero attached hydrogens (tertiary/aromatic N) is 1. The molecule has 8 nitrogen and oxygen atoms in total. The second-order valence-corrected chi connectivity index (χ2v) is 8.72. The van der Waals surface area contributed by atoms with Gasteiger partial charge in [0.1, 0.15) is 0 Å². The zero-order chi connectivity index (χ0) is 20.4. The lowest BCUT2D eigenvalue weighted by molar-refractivity contribution is -0.125. The molecule has 0 aliphatic carbocycles. The Labute approximate surface area is 168 Å². The summed E-state index contributed by atoms with van der Waals surface area (Å²) in [5.41, 5.74) is 1.65. The number of fused-ring (bicyclic) bond motifs is 1. The molecule has 2 aromatic carbocycles. The number of hydrogen-bond donors (Lipinski definition) is 1. The Balaban J connectivity index is 1.44. The van der Waals surface area contributed by atoms with Gasteiger partial charge in [0, 0.05) is 25.2 Å². The first-order valence-corrected chi connectivity index (χ1v) is 10.7. The van der Waals surface area contributed by atoms with Gasteiger partial charge >= 0.3 is 5.97 Å². The number of amides is 1. The summed E-state index contributed by atoms with van der Waals surface area (Å²) in [7, 11) is -3.60. The second kappa shape index (κ2) is 7.94. The van der Waals surface area contributed by atoms with Crippen LogP contribution in [0.15, 0.2) is 53.4 Å². The monoisotopic (exact) mass is 416 g/mol. The molecule has 0 aromatic heterocycles. The average Bonchev–Trinajstić information content (AvgIpc) is 2.75. The van der Waals surface area contributed by atoms with Gasteiger partial charge in [0.15, 0.2) is 6.10 Å². The van der Waals surface area contributed by atoms with Gasteiger partial charge in [-0.25, -0.2) is 13.2 Å². The highest BCUT2D eigenvalue weighted by molar-refractivity contribution is 7.89. The van der Waals surface area contributed by atoms with Crippen molar-refractivity contribution in [2.24, 2.45) is 0 Å². The van der Waals surface area contributed by atoms with Gasteiger partial charge in [-0.3, -0.25) is 4.79 Å². The van der Waals surface area contributed by atoms with Crippen LogP contribution in [0.1, 0.15) is 15.9 Å². The molecule has 2 aromatic rings. The molecule has 2 aliphatic heterocycles. The summed E-state index contributed by atoms with van der Waals surface area (Å²) < 4.78 is 37.1. The van der Waals surface area contributed by atoms with Crippen LogP contribution >= 0.6 is 0 Å². The van der Waals surface area contributed by atoms with Crippen LogP contribution in [0.3, 0.4) is 0 Å². The molecule has 0 bridgehead atoms. The predicted octanol–water partition coefficient (Wildman–Crippen LogP) is 1.43. The fraction of sp³-hybridized carbons (Fsp3) is 0.300. The van der Waals surface area contributed by atoms with Gasteiger partial charge < -0.3 is 14.8 Å². The van der Waals surface area contributed by atoms with Gasteiger partial charge in [0.25, 0.3) is 5.91 Å². The predicted molar refractivity (Wildman–Crippen MR) is 104 cm³/mol. The van der Waals surface area contributed by atoms with Gasteiger partial charge in [-0.15, -0.1) is 0 Å².